The van der Waals surface area contributed by atoms with E-state index in [0.717, 1.165) is 7.11 Å². The summed E-state index contributed by atoms with van der Waals surface area (Å²) in [6.07, 6.45) is -10.2. The zero-order valence-electron chi connectivity index (χ0n) is 11.7. The monoisotopic (exact) mass is 354 g/mol. The Labute approximate surface area is 129 Å². The summed E-state index contributed by atoms with van der Waals surface area (Å²) in [5.41, 5.74) is -0.485. The molecule has 0 saturated heterocycles. The van der Waals surface area contributed by atoms with Gasteiger partial charge >= 0.3 is 12.4 Å². The lowest BCUT2D eigenvalue weighted by Crippen LogP contribution is -2.16. The van der Waals surface area contributed by atoms with Gasteiger partial charge in [0.05, 0.1) is 23.8 Å². The molecule has 1 aromatic carbocycles. The van der Waals surface area contributed by atoms with Crippen LogP contribution in [-0.2, 0) is 12.4 Å². The van der Waals surface area contributed by atoms with Gasteiger partial charge in [0.2, 0.25) is 0 Å². The minimum Gasteiger partial charge on any atom is -0.496 e. The molecule has 6 nitrogen and oxygen atoms in total. The second-order valence-corrected chi connectivity index (χ2v) is 4.48. The number of benzene rings is 1. The van der Waals surface area contributed by atoms with Crippen molar-refractivity contribution in [3.05, 3.63) is 29.0 Å². The van der Waals surface area contributed by atoms with E-state index in [9.17, 15) is 31.1 Å². The second kappa shape index (κ2) is 5.69. The van der Waals surface area contributed by atoms with Crippen LogP contribution in [0.2, 0.25) is 0 Å². The van der Waals surface area contributed by atoms with E-state index in [1.54, 1.807) is 0 Å². The van der Waals surface area contributed by atoms with Crippen molar-refractivity contribution in [1.82, 2.24) is 15.4 Å². The standard InChI is InChI=1S/C12H8F6N4O2/c1-24-6-3-4(11(13,14)15)2-5(12(16,17)18)7(6)8-9(10(19)23)21-22-20-8/h2-3H,1H3,(H2,19,23)(H,20,21,22). The summed E-state index contributed by atoms with van der Waals surface area (Å²) in [4.78, 5) is 11.2. The predicted molar refractivity (Wildman–Crippen MR) is 66.9 cm³/mol. The van der Waals surface area contributed by atoms with Crippen LogP contribution in [0.15, 0.2) is 12.1 Å². The lowest BCUT2D eigenvalue weighted by molar-refractivity contribution is -0.142. The number of methoxy groups -OCH3 is 1. The molecule has 1 heterocycles. The fourth-order valence-corrected chi connectivity index (χ4v) is 1.98. The maximum Gasteiger partial charge on any atom is 0.417 e. The zero-order valence-corrected chi connectivity index (χ0v) is 11.7. The van der Waals surface area contributed by atoms with Crippen LogP contribution in [-0.4, -0.2) is 28.4 Å². The van der Waals surface area contributed by atoms with Gasteiger partial charge in [-0.2, -0.15) is 41.8 Å². The first-order valence-electron chi connectivity index (χ1n) is 6.04. The Morgan fingerprint density at radius 3 is 2.21 bits per heavy atom. The first-order valence-corrected chi connectivity index (χ1v) is 6.04. The van der Waals surface area contributed by atoms with Crippen LogP contribution in [0.1, 0.15) is 21.6 Å². The van der Waals surface area contributed by atoms with Gasteiger partial charge in [-0.15, -0.1) is 0 Å². The van der Waals surface area contributed by atoms with Gasteiger partial charge in [-0.25, -0.2) is 0 Å². The molecule has 0 radical (unpaired) electrons. The molecule has 0 saturated carbocycles. The number of amides is 1. The van der Waals surface area contributed by atoms with Crippen LogP contribution in [0.3, 0.4) is 0 Å². The molecule has 0 unspecified atom stereocenters. The third-order valence-electron chi connectivity index (χ3n) is 2.97. The highest BCUT2D eigenvalue weighted by atomic mass is 19.4. The van der Waals surface area contributed by atoms with Crippen LogP contribution in [0.5, 0.6) is 5.75 Å². The molecule has 1 aromatic heterocycles. The van der Waals surface area contributed by atoms with Crippen molar-refractivity contribution in [3.8, 4) is 17.0 Å². The molecular formula is C12H8F6N4O2. The summed E-state index contributed by atoms with van der Waals surface area (Å²) in [6, 6.07) is 0.265. The first kappa shape index (κ1) is 17.6. The van der Waals surface area contributed by atoms with E-state index in [4.69, 9.17) is 5.73 Å². The van der Waals surface area contributed by atoms with Crippen molar-refractivity contribution in [3.63, 3.8) is 0 Å². The van der Waals surface area contributed by atoms with Gasteiger partial charge in [-0.05, 0) is 12.1 Å². The Bertz CT molecular complexity index is 781. The maximum absolute atomic E-state index is 13.3. The number of nitrogens with one attached hydrogen (secondary N) is 1. The van der Waals surface area contributed by atoms with Gasteiger partial charge in [-0.1, -0.05) is 0 Å². The highest BCUT2D eigenvalue weighted by molar-refractivity contribution is 5.98. The normalized spacial score (nSPS) is 12.3. The Morgan fingerprint density at radius 2 is 1.75 bits per heavy atom. The maximum atomic E-state index is 13.3. The number of nitrogens with two attached hydrogens (primary N) is 1. The molecular weight excluding hydrogens is 346 g/mol. The summed E-state index contributed by atoms with van der Waals surface area (Å²) >= 11 is 0. The molecule has 1 amide bonds. The Hall–Kier alpha value is -2.79. The Balaban J connectivity index is 2.88. The quantitative estimate of drug-likeness (QED) is 0.829. The summed E-state index contributed by atoms with van der Waals surface area (Å²) < 4.78 is 82.9. The molecule has 2 rings (SSSR count). The molecule has 0 aliphatic carbocycles. The molecule has 3 N–H and O–H groups in total. The third-order valence-corrected chi connectivity index (χ3v) is 2.97. The van der Waals surface area contributed by atoms with E-state index < -0.39 is 52.1 Å². The molecule has 130 valence electrons. The molecule has 2 aromatic rings. The highest BCUT2D eigenvalue weighted by Crippen LogP contribution is 2.45. The number of alkyl halides is 6. The fraction of sp³-hybridized carbons (Fsp3) is 0.250. The number of carbonyl (C=O) groups is 1. The van der Waals surface area contributed by atoms with Gasteiger partial charge in [0.25, 0.3) is 5.91 Å². The van der Waals surface area contributed by atoms with Crippen LogP contribution < -0.4 is 10.5 Å². The molecule has 12 heteroatoms. The van der Waals surface area contributed by atoms with Gasteiger partial charge in [0, 0.05) is 0 Å². The number of aromatic amines is 1. The van der Waals surface area contributed by atoms with Gasteiger partial charge in [0.15, 0.2) is 5.69 Å². The minimum absolute atomic E-state index is 0.0999. The first-order chi connectivity index (χ1) is 11.0. The Morgan fingerprint density at radius 1 is 1.12 bits per heavy atom. The number of nitrogens with zero attached hydrogens (tertiary/aromatic N) is 2. The van der Waals surface area contributed by atoms with Crippen molar-refractivity contribution in [2.75, 3.05) is 7.11 Å². The summed E-state index contributed by atoms with van der Waals surface area (Å²) in [7, 11) is 0.878. The van der Waals surface area contributed by atoms with E-state index in [-0.39, 0.29) is 6.07 Å². The Kier molecular flexibility index (Phi) is 4.16. The average Bonchev–Trinajstić information content (AvgIpc) is 2.93. The number of rotatable bonds is 3. The number of ether oxygens (including phenoxy) is 1. The van der Waals surface area contributed by atoms with E-state index in [1.165, 1.54) is 0 Å². The number of primary amides is 1. The van der Waals surface area contributed by atoms with Crippen LogP contribution in [0.25, 0.3) is 11.3 Å². The molecule has 0 atom stereocenters. The van der Waals surface area contributed by atoms with E-state index >= 15 is 0 Å². The number of hydrogen-bond acceptors (Lipinski definition) is 4. The van der Waals surface area contributed by atoms with Crippen LogP contribution in [0.4, 0.5) is 26.3 Å². The zero-order chi connectivity index (χ0) is 18.3. The number of carbonyl (C=O) groups excluding carboxylic acids is 1. The summed E-state index contributed by atoms with van der Waals surface area (Å²) in [5.74, 6) is -2.00. The van der Waals surface area contributed by atoms with Crippen molar-refractivity contribution in [1.29, 1.82) is 0 Å². The van der Waals surface area contributed by atoms with Crippen LogP contribution >= 0.6 is 0 Å². The van der Waals surface area contributed by atoms with Crippen molar-refractivity contribution < 1.29 is 35.9 Å². The molecule has 0 aliphatic heterocycles. The lowest BCUT2D eigenvalue weighted by Gasteiger charge is -2.18. The molecule has 0 aliphatic rings. The highest BCUT2D eigenvalue weighted by Gasteiger charge is 2.41. The molecule has 24 heavy (non-hydrogen) atoms. The molecule has 0 bridgehead atoms. The number of hydrogen-bond donors (Lipinski definition) is 2. The number of H-pyrrole nitrogens is 1. The molecule has 0 spiro atoms. The minimum atomic E-state index is -5.18. The van der Waals surface area contributed by atoms with Crippen molar-refractivity contribution in [2.24, 2.45) is 5.73 Å². The van der Waals surface area contributed by atoms with E-state index in [1.807, 2.05) is 5.21 Å². The smallest absolute Gasteiger partial charge is 0.417 e. The van der Waals surface area contributed by atoms with Crippen molar-refractivity contribution >= 4 is 5.91 Å². The average molecular weight is 354 g/mol. The lowest BCUT2D eigenvalue weighted by atomic mass is 9.97. The SMILES string of the molecule is COc1cc(C(F)(F)F)cc(C(F)(F)F)c1-c1n[nH]nc1C(N)=O. The largest absolute Gasteiger partial charge is 0.496 e. The summed E-state index contributed by atoms with van der Waals surface area (Å²) in [6.45, 7) is 0. The topological polar surface area (TPSA) is 93.9 Å². The van der Waals surface area contributed by atoms with Gasteiger partial charge < -0.3 is 10.5 Å². The third kappa shape index (κ3) is 3.12. The fourth-order valence-electron chi connectivity index (χ4n) is 1.98. The second-order valence-electron chi connectivity index (χ2n) is 4.48. The molecule has 0 fully saturated rings. The van der Waals surface area contributed by atoms with Crippen LogP contribution in [0, 0.1) is 0 Å². The van der Waals surface area contributed by atoms with Gasteiger partial charge in [0.1, 0.15) is 11.4 Å². The summed E-state index contributed by atoms with van der Waals surface area (Å²) in [5, 5.41) is 8.60. The predicted octanol–water partition coefficient (Wildman–Crippen LogP) is 2.62. The van der Waals surface area contributed by atoms with E-state index in [2.05, 4.69) is 14.9 Å². The van der Waals surface area contributed by atoms with E-state index in [0.29, 0.717) is 6.07 Å². The number of halogens is 6. The number of aromatic nitrogens is 3. The van der Waals surface area contributed by atoms with Crippen molar-refractivity contribution in [2.45, 2.75) is 12.4 Å². The van der Waals surface area contributed by atoms with Gasteiger partial charge in [-0.3, -0.25) is 4.79 Å².